The third-order valence-corrected chi connectivity index (χ3v) is 3.49. The molecule has 17 heavy (non-hydrogen) atoms. The molecule has 1 aromatic heterocycles. The average Bonchev–Trinajstić information content (AvgIpc) is 2.39. The van der Waals surface area contributed by atoms with Crippen molar-refractivity contribution in [1.29, 1.82) is 0 Å². The van der Waals surface area contributed by atoms with Crippen LogP contribution >= 0.6 is 0 Å². The van der Waals surface area contributed by atoms with E-state index in [0.717, 1.165) is 12.5 Å². The van der Waals surface area contributed by atoms with Crippen LogP contribution in [0.5, 0.6) is 0 Å². The molecule has 1 fully saturated rings. The van der Waals surface area contributed by atoms with Gasteiger partial charge in [-0.2, -0.15) is 0 Å². The number of rotatable bonds is 5. The maximum atomic E-state index is 4.15. The SMILES string of the molecule is CN(CCC1CCCNC1)Cc1cccnc1. The summed E-state index contributed by atoms with van der Waals surface area (Å²) < 4.78 is 0. The van der Waals surface area contributed by atoms with Crippen molar-refractivity contribution in [1.82, 2.24) is 15.2 Å². The molecule has 3 heteroatoms. The van der Waals surface area contributed by atoms with Crippen molar-refractivity contribution in [3.8, 4) is 0 Å². The molecule has 0 radical (unpaired) electrons. The highest BCUT2D eigenvalue weighted by Crippen LogP contribution is 2.14. The van der Waals surface area contributed by atoms with E-state index in [1.807, 2.05) is 18.5 Å². The minimum Gasteiger partial charge on any atom is -0.316 e. The molecule has 0 saturated carbocycles. The quantitative estimate of drug-likeness (QED) is 0.842. The Morgan fingerprint density at radius 1 is 1.53 bits per heavy atom. The van der Waals surface area contributed by atoms with Gasteiger partial charge in [-0.25, -0.2) is 0 Å². The van der Waals surface area contributed by atoms with Gasteiger partial charge in [-0.15, -0.1) is 0 Å². The third-order valence-electron chi connectivity index (χ3n) is 3.49. The molecule has 2 heterocycles. The fourth-order valence-electron chi connectivity index (χ4n) is 2.46. The van der Waals surface area contributed by atoms with Gasteiger partial charge < -0.3 is 10.2 Å². The number of nitrogens with zero attached hydrogens (tertiary/aromatic N) is 2. The van der Waals surface area contributed by atoms with Crippen molar-refractivity contribution in [2.75, 3.05) is 26.7 Å². The van der Waals surface area contributed by atoms with E-state index < -0.39 is 0 Å². The van der Waals surface area contributed by atoms with Crippen LogP contribution in [0.25, 0.3) is 0 Å². The van der Waals surface area contributed by atoms with Gasteiger partial charge in [-0.3, -0.25) is 4.98 Å². The highest BCUT2D eigenvalue weighted by molar-refractivity contribution is 5.07. The Morgan fingerprint density at radius 2 is 2.47 bits per heavy atom. The van der Waals surface area contributed by atoms with E-state index >= 15 is 0 Å². The van der Waals surface area contributed by atoms with Gasteiger partial charge >= 0.3 is 0 Å². The Labute approximate surface area is 104 Å². The molecule has 1 unspecified atom stereocenters. The van der Waals surface area contributed by atoms with Crippen LogP contribution in [0.3, 0.4) is 0 Å². The van der Waals surface area contributed by atoms with Crippen molar-refractivity contribution in [2.24, 2.45) is 5.92 Å². The van der Waals surface area contributed by atoms with E-state index in [4.69, 9.17) is 0 Å². The molecule has 1 aliphatic heterocycles. The van der Waals surface area contributed by atoms with Crippen LogP contribution in [0.2, 0.25) is 0 Å². The summed E-state index contributed by atoms with van der Waals surface area (Å²) in [6.45, 7) is 4.61. The fourth-order valence-corrected chi connectivity index (χ4v) is 2.46. The topological polar surface area (TPSA) is 28.2 Å². The maximum Gasteiger partial charge on any atom is 0.0312 e. The van der Waals surface area contributed by atoms with Gasteiger partial charge in [0.05, 0.1) is 0 Å². The molecule has 3 nitrogen and oxygen atoms in total. The van der Waals surface area contributed by atoms with Crippen LogP contribution in [0.15, 0.2) is 24.5 Å². The summed E-state index contributed by atoms with van der Waals surface area (Å²) in [6.07, 6.45) is 7.84. The van der Waals surface area contributed by atoms with Crippen LogP contribution in [0, 0.1) is 5.92 Å². The van der Waals surface area contributed by atoms with Crippen molar-refractivity contribution in [2.45, 2.75) is 25.8 Å². The zero-order valence-corrected chi connectivity index (χ0v) is 10.7. The summed E-state index contributed by atoms with van der Waals surface area (Å²) in [7, 11) is 2.20. The van der Waals surface area contributed by atoms with Crippen molar-refractivity contribution < 1.29 is 0 Å². The molecule has 1 atom stereocenters. The minimum absolute atomic E-state index is 0.875. The summed E-state index contributed by atoms with van der Waals surface area (Å²) in [6, 6.07) is 4.15. The number of nitrogens with one attached hydrogen (secondary N) is 1. The van der Waals surface area contributed by atoms with Crippen LogP contribution in [-0.2, 0) is 6.54 Å². The lowest BCUT2D eigenvalue weighted by Gasteiger charge is -2.25. The molecule has 1 saturated heterocycles. The number of aromatic nitrogens is 1. The Morgan fingerprint density at radius 3 is 3.18 bits per heavy atom. The lowest BCUT2D eigenvalue weighted by atomic mass is 9.96. The largest absolute Gasteiger partial charge is 0.316 e. The number of piperidine rings is 1. The Kier molecular flexibility index (Phi) is 4.95. The normalized spacial score (nSPS) is 20.7. The second-order valence-electron chi connectivity index (χ2n) is 5.10. The lowest BCUT2D eigenvalue weighted by molar-refractivity contribution is 0.268. The van der Waals surface area contributed by atoms with Gasteiger partial charge in [0.25, 0.3) is 0 Å². The molecule has 94 valence electrons. The van der Waals surface area contributed by atoms with Gasteiger partial charge in [-0.1, -0.05) is 6.07 Å². The molecular formula is C14H23N3. The van der Waals surface area contributed by atoms with Crippen molar-refractivity contribution >= 4 is 0 Å². The molecule has 0 bridgehead atoms. The summed E-state index contributed by atoms with van der Waals surface area (Å²) in [4.78, 5) is 6.55. The summed E-state index contributed by atoms with van der Waals surface area (Å²) in [5.74, 6) is 0.875. The fraction of sp³-hybridized carbons (Fsp3) is 0.643. The van der Waals surface area contributed by atoms with Crippen LogP contribution in [-0.4, -0.2) is 36.6 Å². The third kappa shape index (κ3) is 4.44. The lowest BCUT2D eigenvalue weighted by Crippen LogP contribution is -2.32. The highest BCUT2D eigenvalue weighted by Gasteiger charge is 2.13. The van der Waals surface area contributed by atoms with E-state index in [-0.39, 0.29) is 0 Å². The number of hydrogen-bond acceptors (Lipinski definition) is 3. The number of pyridine rings is 1. The van der Waals surface area contributed by atoms with Gasteiger partial charge in [0.2, 0.25) is 0 Å². The van der Waals surface area contributed by atoms with E-state index in [1.165, 1.54) is 44.5 Å². The first-order chi connectivity index (χ1) is 8.34. The second kappa shape index (κ2) is 6.72. The zero-order valence-electron chi connectivity index (χ0n) is 10.7. The smallest absolute Gasteiger partial charge is 0.0312 e. The number of hydrogen-bond donors (Lipinski definition) is 1. The van der Waals surface area contributed by atoms with Crippen LogP contribution < -0.4 is 5.32 Å². The molecular weight excluding hydrogens is 210 g/mol. The van der Waals surface area contributed by atoms with Crippen molar-refractivity contribution in [3.63, 3.8) is 0 Å². The highest BCUT2D eigenvalue weighted by atomic mass is 15.1. The summed E-state index contributed by atoms with van der Waals surface area (Å²) in [5, 5.41) is 3.48. The monoisotopic (exact) mass is 233 g/mol. The van der Waals surface area contributed by atoms with Crippen molar-refractivity contribution in [3.05, 3.63) is 30.1 Å². The minimum atomic E-state index is 0.875. The predicted molar refractivity (Wildman–Crippen MR) is 70.8 cm³/mol. The molecule has 1 N–H and O–H groups in total. The molecule has 0 aliphatic carbocycles. The molecule has 0 amide bonds. The second-order valence-corrected chi connectivity index (χ2v) is 5.10. The first-order valence-electron chi connectivity index (χ1n) is 6.63. The maximum absolute atomic E-state index is 4.15. The van der Waals surface area contributed by atoms with Gasteiger partial charge in [-0.05, 0) is 63.5 Å². The Bertz CT molecular complexity index is 307. The molecule has 1 aliphatic rings. The van der Waals surface area contributed by atoms with Crippen LogP contribution in [0.4, 0.5) is 0 Å². The summed E-state index contributed by atoms with van der Waals surface area (Å²) >= 11 is 0. The molecule has 2 rings (SSSR count). The Balaban J connectivity index is 1.68. The van der Waals surface area contributed by atoms with E-state index in [1.54, 1.807) is 0 Å². The first kappa shape index (κ1) is 12.5. The molecule has 1 aromatic rings. The average molecular weight is 233 g/mol. The van der Waals surface area contributed by atoms with Gasteiger partial charge in [0, 0.05) is 18.9 Å². The molecule has 0 spiro atoms. The predicted octanol–water partition coefficient (Wildman–Crippen LogP) is 1.90. The van der Waals surface area contributed by atoms with E-state index in [9.17, 15) is 0 Å². The first-order valence-corrected chi connectivity index (χ1v) is 6.63. The van der Waals surface area contributed by atoms with E-state index in [0.29, 0.717) is 0 Å². The Hall–Kier alpha value is -0.930. The van der Waals surface area contributed by atoms with Crippen LogP contribution in [0.1, 0.15) is 24.8 Å². The van der Waals surface area contributed by atoms with E-state index in [2.05, 4.69) is 28.3 Å². The zero-order chi connectivity index (χ0) is 11.9. The molecule has 0 aromatic carbocycles. The van der Waals surface area contributed by atoms with Gasteiger partial charge in [0.15, 0.2) is 0 Å². The summed E-state index contributed by atoms with van der Waals surface area (Å²) in [5.41, 5.74) is 1.30. The van der Waals surface area contributed by atoms with Gasteiger partial charge in [0.1, 0.15) is 0 Å². The standard InChI is InChI=1S/C14H23N3/c1-17(12-14-5-3-8-16-11-14)9-6-13-4-2-7-15-10-13/h3,5,8,11,13,15H,2,4,6-7,9-10,12H2,1H3.